The smallest absolute Gasteiger partial charge is 0.220 e. The zero-order valence-electron chi connectivity index (χ0n) is 23.1. The third-order valence-corrected chi connectivity index (χ3v) is 7.59. The summed E-state index contributed by atoms with van der Waals surface area (Å²) in [6.45, 7) is 8.32. The average molecular weight is 521 g/mol. The zero-order valence-corrected chi connectivity index (χ0v) is 23.1. The van der Waals surface area contributed by atoms with Gasteiger partial charge in [-0.15, -0.1) is 0 Å². The summed E-state index contributed by atoms with van der Waals surface area (Å²) in [6, 6.07) is 11.3. The third-order valence-electron chi connectivity index (χ3n) is 7.59. The molecule has 1 saturated heterocycles. The van der Waals surface area contributed by atoms with Crippen LogP contribution in [0.4, 0.5) is 21.7 Å². The number of piperidine rings is 1. The fourth-order valence-corrected chi connectivity index (χ4v) is 5.48. The number of nitriles is 1. The van der Waals surface area contributed by atoms with Crippen molar-refractivity contribution in [3.8, 4) is 6.07 Å². The molecule has 8 heteroatoms. The molecule has 3 N–H and O–H groups in total. The summed E-state index contributed by atoms with van der Waals surface area (Å²) in [5.74, 6) is 0.400. The molecule has 4 rings (SSSR count). The molecule has 1 aromatic heterocycles. The molecule has 2 aliphatic rings. The maximum atomic E-state index is 15.0. The van der Waals surface area contributed by atoms with Gasteiger partial charge in [0.25, 0.3) is 0 Å². The van der Waals surface area contributed by atoms with E-state index in [1.165, 1.54) is 11.6 Å². The van der Waals surface area contributed by atoms with Crippen molar-refractivity contribution in [1.29, 1.82) is 5.26 Å². The van der Waals surface area contributed by atoms with Gasteiger partial charge in [0.1, 0.15) is 6.07 Å². The standard InChI is InChI=1S/C30H41FN6O/c1-30(2,3)18-27(38)34-25-7-5-6-8-26(25)35-29-24(31)17-22(19-32)28(36-29)33-23-11-9-20(10-12-23)21-13-15-37(4)16-14-21/h9-12,17,21,25-26H,5-8,13-16,18H2,1-4H3,(H,34,38)(H2,33,35,36)/t25-,26+/m0/s1. The van der Waals surface area contributed by atoms with Gasteiger partial charge in [-0.25, -0.2) is 9.37 Å². The highest BCUT2D eigenvalue weighted by Gasteiger charge is 2.29. The van der Waals surface area contributed by atoms with Gasteiger partial charge in [0, 0.05) is 24.2 Å². The van der Waals surface area contributed by atoms with Crippen LogP contribution in [0, 0.1) is 22.6 Å². The molecule has 0 spiro atoms. The van der Waals surface area contributed by atoms with E-state index in [4.69, 9.17) is 0 Å². The maximum absolute atomic E-state index is 15.0. The molecule has 2 heterocycles. The van der Waals surface area contributed by atoms with E-state index in [0.29, 0.717) is 18.2 Å². The molecular weight excluding hydrogens is 479 g/mol. The van der Waals surface area contributed by atoms with Gasteiger partial charge in [0.15, 0.2) is 17.5 Å². The number of pyridine rings is 1. The van der Waals surface area contributed by atoms with Crippen molar-refractivity contribution in [3.63, 3.8) is 0 Å². The van der Waals surface area contributed by atoms with Crippen molar-refractivity contribution in [2.75, 3.05) is 30.8 Å². The van der Waals surface area contributed by atoms with E-state index in [-0.39, 0.29) is 34.8 Å². The first kappa shape index (κ1) is 27.8. The number of rotatable bonds is 7. The van der Waals surface area contributed by atoms with Crippen LogP contribution in [0.3, 0.4) is 0 Å². The van der Waals surface area contributed by atoms with E-state index in [1.54, 1.807) is 0 Å². The number of amides is 1. The normalized spacial score (nSPS) is 20.9. The van der Waals surface area contributed by atoms with E-state index >= 15 is 4.39 Å². The molecule has 7 nitrogen and oxygen atoms in total. The minimum Gasteiger partial charge on any atom is -0.363 e. The highest BCUT2D eigenvalue weighted by atomic mass is 19.1. The number of carbonyl (C=O) groups excluding carboxylic acids is 1. The molecule has 0 bridgehead atoms. The van der Waals surface area contributed by atoms with Crippen LogP contribution >= 0.6 is 0 Å². The summed E-state index contributed by atoms with van der Waals surface area (Å²) in [4.78, 5) is 19.4. The summed E-state index contributed by atoms with van der Waals surface area (Å²) >= 11 is 0. The lowest BCUT2D eigenvalue weighted by Gasteiger charge is -2.34. The van der Waals surface area contributed by atoms with Crippen LogP contribution < -0.4 is 16.0 Å². The summed E-state index contributed by atoms with van der Waals surface area (Å²) in [5.41, 5.74) is 2.16. The average Bonchev–Trinajstić information content (AvgIpc) is 2.87. The van der Waals surface area contributed by atoms with Crippen LogP contribution in [0.25, 0.3) is 0 Å². The number of likely N-dealkylation sites (tertiary alicyclic amines) is 1. The lowest BCUT2D eigenvalue weighted by molar-refractivity contribution is -0.123. The zero-order chi connectivity index (χ0) is 27.3. The van der Waals surface area contributed by atoms with Crippen molar-refractivity contribution in [2.24, 2.45) is 5.41 Å². The minimum atomic E-state index is -0.574. The first-order valence-corrected chi connectivity index (χ1v) is 13.8. The number of nitrogens with one attached hydrogen (secondary N) is 3. The van der Waals surface area contributed by atoms with Crippen LogP contribution in [-0.2, 0) is 4.79 Å². The summed E-state index contributed by atoms with van der Waals surface area (Å²) in [6.07, 6.45) is 6.38. The van der Waals surface area contributed by atoms with E-state index < -0.39 is 5.82 Å². The molecule has 2 fully saturated rings. The van der Waals surface area contributed by atoms with E-state index in [9.17, 15) is 10.1 Å². The Balaban J connectivity index is 1.47. The van der Waals surface area contributed by atoms with Gasteiger partial charge in [-0.3, -0.25) is 4.79 Å². The second-order valence-electron chi connectivity index (χ2n) is 12.1. The topological polar surface area (TPSA) is 93.1 Å². The number of hydrogen-bond acceptors (Lipinski definition) is 6. The fourth-order valence-electron chi connectivity index (χ4n) is 5.48. The van der Waals surface area contributed by atoms with Gasteiger partial charge < -0.3 is 20.9 Å². The number of halogens is 1. The molecule has 0 radical (unpaired) electrons. The number of aromatic nitrogens is 1. The third kappa shape index (κ3) is 7.44. The summed E-state index contributed by atoms with van der Waals surface area (Å²) in [5, 5.41) is 19.3. The Hall–Kier alpha value is -3.18. The van der Waals surface area contributed by atoms with Crippen LogP contribution in [0.2, 0.25) is 0 Å². The molecule has 1 aromatic carbocycles. The molecule has 1 saturated carbocycles. The first-order valence-electron chi connectivity index (χ1n) is 13.8. The fraction of sp³-hybridized carbons (Fsp3) is 0.567. The largest absolute Gasteiger partial charge is 0.363 e. The van der Waals surface area contributed by atoms with Crippen LogP contribution in [0.1, 0.15) is 82.8 Å². The molecule has 1 aliphatic carbocycles. The van der Waals surface area contributed by atoms with Crippen molar-refractivity contribution in [2.45, 2.75) is 83.7 Å². The molecule has 38 heavy (non-hydrogen) atoms. The molecule has 0 unspecified atom stereocenters. The molecule has 1 aliphatic heterocycles. The minimum absolute atomic E-state index is 0.00973. The maximum Gasteiger partial charge on any atom is 0.220 e. The van der Waals surface area contributed by atoms with Gasteiger partial charge in [0.05, 0.1) is 5.56 Å². The highest BCUT2D eigenvalue weighted by Crippen LogP contribution is 2.30. The Morgan fingerprint density at radius 2 is 1.74 bits per heavy atom. The SMILES string of the molecule is CN1CCC(c2ccc(Nc3nc(N[C@@H]4CCCC[C@@H]4NC(=O)CC(C)(C)C)c(F)cc3C#N)cc2)CC1. The van der Waals surface area contributed by atoms with Gasteiger partial charge in [0.2, 0.25) is 5.91 Å². The second kappa shape index (κ2) is 12.1. The quantitative estimate of drug-likeness (QED) is 0.420. The molecule has 2 aromatic rings. The van der Waals surface area contributed by atoms with E-state index in [1.807, 2.05) is 32.9 Å². The number of carbonyl (C=O) groups is 1. The molecule has 1 amide bonds. The highest BCUT2D eigenvalue weighted by molar-refractivity contribution is 5.77. The molecular formula is C30H41FN6O. The number of benzene rings is 1. The van der Waals surface area contributed by atoms with Crippen molar-refractivity contribution < 1.29 is 9.18 Å². The number of anilines is 3. The Bertz CT molecular complexity index is 1150. The van der Waals surface area contributed by atoms with E-state index in [2.05, 4.69) is 51.1 Å². The van der Waals surface area contributed by atoms with Crippen molar-refractivity contribution >= 4 is 23.2 Å². The van der Waals surface area contributed by atoms with Gasteiger partial charge in [-0.2, -0.15) is 5.26 Å². The molecule has 204 valence electrons. The Morgan fingerprint density at radius 3 is 2.37 bits per heavy atom. The van der Waals surface area contributed by atoms with Gasteiger partial charge in [-0.1, -0.05) is 45.7 Å². The monoisotopic (exact) mass is 520 g/mol. The van der Waals surface area contributed by atoms with Crippen LogP contribution in [0.5, 0.6) is 0 Å². The van der Waals surface area contributed by atoms with Crippen LogP contribution in [0.15, 0.2) is 30.3 Å². The summed E-state index contributed by atoms with van der Waals surface area (Å²) in [7, 11) is 2.16. The van der Waals surface area contributed by atoms with Gasteiger partial charge >= 0.3 is 0 Å². The lowest BCUT2D eigenvalue weighted by Crippen LogP contribution is -2.49. The Morgan fingerprint density at radius 1 is 1.08 bits per heavy atom. The predicted octanol–water partition coefficient (Wildman–Crippen LogP) is 5.92. The van der Waals surface area contributed by atoms with Crippen molar-refractivity contribution in [3.05, 3.63) is 47.3 Å². The van der Waals surface area contributed by atoms with Gasteiger partial charge in [-0.05, 0) is 80.9 Å². The van der Waals surface area contributed by atoms with E-state index in [0.717, 1.165) is 57.3 Å². The second-order valence-corrected chi connectivity index (χ2v) is 12.1. The Kier molecular flexibility index (Phi) is 8.88. The number of hydrogen-bond donors (Lipinski definition) is 3. The van der Waals surface area contributed by atoms with Crippen LogP contribution in [-0.4, -0.2) is 48.0 Å². The first-order chi connectivity index (χ1) is 18.1. The predicted molar refractivity (Wildman–Crippen MR) is 150 cm³/mol. The summed E-state index contributed by atoms with van der Waals surface area (Å²) < 4.78 is 15.0. The molecule has 2 atom stereocenters. The Labute approximate surface area is 226 Å². The number of nitrogens with zero attached hydrogens (tertiary/aromatic N) is 3. The van der Waals surface area contributed by atoms with Crippen molar-refractivity contribution in [1.82, 2.24) is 15.2 Å². The lowest BCUT2D eigenvalue weighted by atomic mass is 9.88.